The summed E-state index contributed by atoms with van der Waals surface area (Å²) in [6.07, 6.45) is -0.0572. The van der Waals surface area contributed by atoms with Crippen LogP contribution in [0.1, 0.15) is 16.8 Å². The lowest BCUT2D eigenvalue weighted by molar-refractivity contribution is -0.139. The zero-order chi connectivity index (χ0) is 13.9. The molecule has 1 aromatic heterocycles. The van der Waals surface area contributed by atoms with Gasteiger partial charge in [0.25, 0.3) is 0 Å². The lowest BCUT2D eigenvalue weighted by Crippen LogP contribution is -2.21. The Labute approximate surface area is 120 Å². The van der Waals surface area contributed by atoms with Gasteiger partial charge in [0.15, 0.2) is 17.6 Å². The number of para-hydroxylation sites is 2. The molecule has 6 heteroatoms. The SMILES string of the molecule is COC(=O)Cc1csc(C2COc3ccccc3O2)n1. The van der Waals surface area contributed by atoms with Crippen molar-refractivity contribution in [3.8, 4) is 11.5 Å². The fourth-order valence-electron chi connectivity index (χ4n) is 1.91. The predicted molar refractivity (Wildman–Crippen MR) is 73.1 cm³/mol. The molecule has 0 fully saturated rings. The van der Waals surface area contributed by atoms with Crippen LogP contribution in [0.5, 0.6) is 11.5 Å². The zero-order valence-corrected chi connectivity index (χ0v) is 11.7. The van der Waals surface area contributed by atoms with Crippen LogP contribution in [0.15, 0.2) is 29.6 Å². The minimum Gasteiger partial charge on any atom is -0.485 e. The fraction of sp³-hybridized carbons (Fsp3) is 0.286. The number of carbonyl (C=O) groups is 1. The van der Waals surface area contributed by atoms with Gasteiger partial charge >= 0.3 is 5.97 Å². The molecule has 104 valence electrons. The Kier molecular flexibility index (Phi) is 3.56. The van der Waals surface area contributed by atoms with E-state index in [1.165, 1.54) is 18.4 Å². The summed E-state index contributed by atoms with van der Waals surface area (Å²) in [5.41, 5.74) is 0.694. The third-order valence-corrected chi connectivity index (χ3v) is 3.89. The summed E-state index contributed by atoms with van der Waals surface area (Å²) < 4.78 is 16.1. The van der Waals surface area contributed by atoms with Gasteiger partial charge in [-0.2, -0.15) is 0 Å². The second-order valence-electron chi connectivity index (χ2n) is 4.29. The molecular weight excluding hydrogens is 278 g/mol. The lowest BCUT2D eigenvalue weighted by atomic mass is 10.2. The number of fused-ring (bicyclic) bond motifs is 1. The van der Waals surface area contributed by atoms with Crippen molar-refractivity contribution in [2.24, 2.45) is 0 Å². The van der Waals surface area contributed by atoms with E-state index in [2.05, 4.69) is 9.72 Å². The van der Waals surface area contributed by atoms with E-state index in [1.54, 1.807) is 0 Å². The van der Waals surface area contributed by atoms with Gasteiger partial charge in [-0.05, 0) is 12.1 Å². The van der Waals surface area contributed by atoms with E-state index in [0.717, 1.165) is 10.8 Å². The minimum absolute atomic E-state index is 0.178. The molecule has 0 saturated carbocycles. The van der Waals surface area contributed by atoms with E-state index >= 15 is 0 Å². The van der Waals surface area contributed by atoms with Crippen molar-refractivity contribution in [1.29, 1.82) is 0 Å². The van der Waals surface area contributed by atoms with Gasteiger partial charge in [-0.25, -0.2) is 4.98 Å². The Hall–Kier alpha value is -2.08. The Balaban J connectivity index is 1.73. The van der Waals surface area contributed by atoms with Gasteiger partial charge in [0.05, 0.1) is 19.2 Å². The van der Waals surface area contributed by atoms with E-state index in [0.29, 0.717) is 18.1 Å². The van der Waals surface area contributed by atoms with E-state index in [9.17, 15) is 4.79 Å². The highest BCUT2D eigenvalue weighted by Crippen LogP contribution is 2.36. The highest BCUT2D eigenvalue weighted by molar-refractivity contribution is 7.09. The molecule has 0 bridgehead atoms. The van der Waals surface area contributed by atoms with Crippen LogP contribution in [0.25, 0.3) is 0 Å². The predicted octanol–water partition coefficient (Wildman–Crippen LogP) is 2.37. The van der Waals surface area contributed by atoms with E-state index < -0.39 is 0 Å². The van der Waals surface area contributed by atoms with Crippen LogP contribution in [0, 0.1) is 0 Å². The highest BCUT2D eigenvalue weighted by atomic mass is 32.1. The van der Waals surface area contributed by atoms with Gasteiger partial charge in [0.1, 0.15) is 11.6 Å². The fourth-order valence-corrected chi connectivity index (χ4v) is 2.74. The highest BCUT2D eigenvalue weighted by Gasteiger charge is 2.25. The van der Waals surface area contributed by atoms with Gasteiger partial charge in [-0.3, -0.25) is 4.79 Å². The first kappa shape index (κ1) is 12.9. The number of esters is 1. The number of ether oxygens (including phenoxy) is 3. The number of methoxy groups -OCH3 is 1. The average Bonchev–Trinajstić information content (AvgIpc) is 2.95. The molecule has 1 aliphatic heterocycles. The first-order valence-electron chi connectivity index (χ1n) is 6.16. The Bertz CT molecular complexity index is 625. The standard InChI is InChI=1S/C14H13NO4S/c1-17-13(16)6-9-8-20-14(15-9)12-7-18-10-4-2-3-5-11(10)19-12/h2-5,8,12H,6-7H2,1H3. The van der Waals surface area contributed by atoms with Crippen molar-refractivity contribution in [3.05, 3.63) is 40.3 Å². The van der Waals surface area contributed by atoms with Crippen LogP contribution in [-0.2, 0) is 16.0 Å². The molecule has 0 spiro atoms. The second kappa shape index (κ2) is 5.50. The summed E-state index contributed by atoms with van der Waals surface area (Å²) in [5, 5.41) is 2.65. The van der Waals surface area contributed by atoms with Gasteiger partial charge < -0.3 is 14.2 Å². The molecule has 1 atom stereocenters. The van der Waals surface area contributed by atoms with E-state index in [4.69, 9.17) is 9.47 Å². The second-order valence-corrected chi connectivity index (χ2v) is 5.18. The summed E-state index contributed by atoms with van der Waals surface area (Å²) in [4.78, 5) is 15.6. The topological polar surface area (TPSA) is 57.7 Å². The summed E-state index contributed by atoms with van der Waals surface area (Å²) >= 11 is 1.46. The molecule has 1 unspecified atom stereocenters. The monoisotopic (exact) mass is 291 g/mol. The average molecular weight is 291 g/mol. The number of hydrogen-bond donors (Lipinski definition) is 0. The van der Waals surface area contributed by atoms with Gasteiger partial charge in [-0.1, -0.05) is 12.1 Å². The maximum Gasteiger partial charge on any atom is 0.311 e. The van der Waals surface area contributed by atoms with Crippen LogP contribution in [0.2, 0.25) is 0 Å². The molecule has 0 amide bonds. The number of benzene rings is 1. The maximum absolute atomic E-state index is 11.2. The summed E-state index contributed by atoms with van der Waals surface area (Å²) in [6, 6.07) is 7.54. The van der Waals surface area contributed by atoms with Crippen LogP contribution < -0.4 is 9.47 Å². The molecule has 2 heterocycles. The number of hydrogen-bond acceptors (Lipinski definition) is 6. The van der Waals surface area contributed by atoms with Gasteiger partial charge in [0.2, 0.25) is 0 Å². The van der Waals surface area contributed by atoms with Crippen LogP contribution in [0.4, 0.5) is 0 Å². The maximum atomic E-state index is 11.2. The smallest absolute Gasteiger partial charge is 0.311 e. The Morgan fingerprint density at radius 1 is 1.45 bits per heavy atom. The van der Waals surface area contributed by atoms with Crippen molar-refractivity contribution < 1.29 is 19.0 Å². The number of nitrogens with zero attached hydrogens (tertiary/aromatic N) is 1. The van der Waals surface area contributed by atoms with Crippen LogP contribution >= 0.6 is 11.3 Å². The number of thiazole rings is 1. The zero-order valence-electron chi connectivity index (χ0n) is 10.9. The Morgan fingerprint density at radius 2 is 2.25 bits per heavy atom. The molecule has 5 nitrogen and oxygen atoms in total. The molecule has 3 rings (SSSR count). The van der Waals surface area contributed by atoms with Crippen molar-refractivity contribution in [3.63, 3.8) is 0 Å². The Morgan fingerprint density at radius 3 is 3.05 bits per heavy atom. The number of aromatic nitrogens is 1. The molecular formula is C14H13NO4S. The van der Waals surface area contributed by atoms with Crippen LogP contribution in [-0.4, -0.2) is 24.7 Å². The van der Waals surface area contributed by atoms with Crippen molar-refractivity contribution in [2.75, 3.05) is 13.7 Å². The van der Waals surface area contributed by atoms with Gasteiger partial charge in [0, 0.05) is 5.38 Å². The first-order valence-corrected chi connectivity index (χ1v) is 7.04. The normalized spacial score (nSPS) is 16.8. The lowest BCUT2D eigenvalue weighted by Gasteiger charge is -2.24. The van der Waals surface area contributed by atoms with Crippen molar-refractivity contribution in [1.82, 2.24) is 4.98 Å². The van der Waals surface area contributed by atoms with E-state index in [-0.39, 0.29) is 18.5 Å². The third kappa shape index (κ3) is 2.60. The van der Waals surface area contributed by atoms with Crippen molar-refractivity contribution in [2.45, 2.75) is 12.5 Å². The molecule has 1 aromatic carbocycles. The van der Waals surface area contributed by atoms with Gasteiger partial charge in [-0.15, -0.1) is 11.3 Å². The third-order valence-electron chi connectivity index (χ3n) is 2.91. The number of carbonyl (C=O) groups excluding carboxylic acids is 1. The summed E-state index contributed by atoms with van der Waals surface area (Å²) in [6.45, 7) is 0.419. The molecule has 0 aliphatic carbocycles. The van der Waals surface area contributed by atoms with E-state index in [1.807, 2.05) is 29.6 Å². The summed E-state index contributed by atoms with van der Waals surface area (Å²) in [5.74, 6) is 1.16. The molecule has 20 heavy (non-hydrogen) atoms. The molecule has 1 aliphatic rings. The molecule has 0 N–H and O–H groups in total. The van der Waals surface area contributed by atoms with Crippen LogP contribution in [0.3, 0.4) is 0 Å². The minimum atomic E-state index is -0.298. The molecule has 0 saturated heterocycles. The summed E-state index contributed by atoms with van der Waals surface area (Å²) in [7, 11) is 1.37. The first-order chi connectivity index (χ1) is 9.76. The molecule has 2 aromatic rings. The largest absolute Gasteiger partial charge is 0.485 e. The quantitative estimate of drug-likeness (QED) is 0.813. The van der Waals surface area contributed by atoms with Crippen molar-refractivity contribution >= 4 is 17.3 Å². The molecule has 0 radical (unpaired) electrons. The number of rotatable bonds is 3.